The van der Waals surface area contributed by atoms with E-state index < -0.39 is 0 Å². The molecule has 2 aromatic rings. The predicted octanol–water partition coefficient (Wildman–Crippen LogP) is 4.27. The highest BCUT2D eigenvalue weighted by atomic mass is 16.5. The molecule has 0 atom stereocenters. The van der Waals surface area contributed by atoms with Crippen molar-refractivity contribution in [1.29, 1.82) is 0 Å². The second kappa shape index (κ2) is 10.2. The smallest absolute Gasteiger partial charge is 0.337 e. The summed E-state index contributed by atoms with van der Waals surface area (Å²) in [7, 11) is 2.72. The van der Waals surface area contributed by atoms with Gasteiger partial charge in [0.1, 0.15) is 0 Å². The minimum Gasteiger partial charge on any atom is -0.465 e. The number of ether oxygens (including phenoxy) is 2. The number of rotatable bonds is 4. The van der Waals surface area contributed by atoms with Gasteiger partial charge in [0.05, 0.1) is 25.3 Å². The molecule has 0 aliphatic rings. The van der Waals surface area contributed by atoms with E-state index in [9.17, 15) is 9.59 Å². The van der Waals surface area contributed by atoms with Crippen LogP contribution in [0.2, 0.25) is 0 Å². The molecule has 0 radical (unpaired) electrons. The standard InChI is InChI=1S/C11H15NO2.C11H13NO2/c2*1-7(2)9-6-8(11(13)14-3)4-5-10(9)12/h4-7H,12H2,1-3H3;4-6H,1,12H2,2-3H3. The van der Waals surface area contributed by atoms with Gasteiger partial charge in [-0.3, -0.25) is 0 Å². The van der Waals surface area contributed by atoms with Crippen LogP contribution in [0.25, 0.3) is 5.57 Å². The lowest BCUT2D eigenvalue weighted by Crippen LogP contribution is -2.04. The summed E-state index contributed by atoms with van der Waals surface area (Å²) in [6.45, 7) is 9.69. The zero-order valence-corrected chi connectivity index (χ0v) is 17.0. The van der Waals surface area contributed by atoms with Crippen LogP contribution in [0.4, 0.5) is 11.4 Å². The Labute approximate surface area is 166 Å². The van der Waals surface area contributed by atoms with E-state index in [1.807, 2.05) is 20.8 Å². The lowest BCUT2D eigenvalue weighted by atomic mass is 9.99. The molecule has 150 valence electrons. The molecule has 4 N–H and O–H groups in total. The van der Waals surface area contributed by atoms with Crippen LogP contribution in [0.3, 0.4) is 0 Å². The highest BCUT2D eigenvalue weighted by Crippen LogP contribution is 2.23. The van der Waals surface area contributed by atoms with Crippen LogP contribution in [0, 0.1) is 0 Å². The summed E-state index contributed by atoms with van der Waals surface area (Å²) in [4.78, 5) is 22.4. The number of carbonyl (C=O) groups excluding carboxylic acids is 2. The van der Waals surface area contributed by atoms with Gasteiger partial charge in [0.2, 0.25) is 0 Å². The molecule has 28 heavy (non-hydrogen) atoms. The van der Waals surface area contributed by atoms with Crippen molar-refractivity contribution in [3.8, 4) is 0 Å². The SMILES string of the molecule is C=C(C)c1cc(C(=O)OC)ccc1N.COC(=O)c1ccc(N)c(C(C)C)c1. The Kier molecular flexibility index (Phi) is 8.26. The molecular formula is C22H28N2O4. The number of carbonyl (C=O) groups is 2. The Morgan fingerprint density at radius 2 is 1.36 bits per heavy atom. The monoisotopic (exact) mass is 384 g/mol. The second-order valence-corrected chi connectivity index (χ2v) is 6.56. The van der Waals surface area contributed by atoms with Gasteiger partial charge in [-0.1, -0.05) is 20.4 Å². The lowest BCUT2D eigenvalue weighted by molar-refractivity contribution is 0.0592. The molecule has 2 aromatic carbocycles. The molecule has 2 rings (SSSR count). The third-order valence-corrected chi connectivity index (χ3v) is 4.06. The Balaban J connectivity index is 0.000000280. The first-order valence-corrected chi connectivity index (χ1v) is 8.73. The van der Waals surface area contributed by atoms with Gasteiger partial charge in [0.15, 0.2) is 0 Å². The largest absolute Gasteiger partial charge is 0.465 e. The molecule has 0 heterocycles. The van der Waals surface area contributed by atoms with Gasteiger partial charge in [-0.25, -0.2) is 9.59 Å². The average Bonchev–Trinajstić information content (AvgIpc) is 2.67. The molecule has 6 heteroatoms. The molecule has 6 nitrogen and oxygen atoms in total. The molecular weight excluding hydrogens is 356 g/mol. The van der Waals surface area contributed by atoms with Crippen LogP contribution in [-0.2, 0) is 9.47 Å². The topological polar surface area (TPSA) is 105 Å². The van der Waals surface area contributed by atoms with E-state index in [1.54, 1.807) is 36.4 Å². The normalized spacial score (nSPS) is 9.93. The first-order chi connectivity index (χ1) is 13.1. The third kappa shape index (κ3) is 5.87. The van der Waals surface area contributed by atoms with E-state index in [-0.39, 0.29) is 11.9 Å². The summed E-state index contributed by atoms with van der Waals surface area (Å²) in [6.07, 6.45) is 0. The molecule has 0 fully saturated rings. The average molecular weight is 384 g/mol. The van der Waals surface area contributed by atoms with E-state index >= 15 is 0 Å². The first-order valence-electron chi connectivity index (χ1n) is 8.73. The minimum atomic E-state index is -0.368. The molecule has 0 aliphatic carbocycles. The molecule has 0 saturated carbocycles. The fourth-order valence-electron chi connectivity index (χ4n) is 2.49. The maximum atomic E-state index is 11.2. The van der Waals surface area contributed by atoms with Crippen LogP contribution in [0.15, 0.2) is 43.0 Å². The Bertz CT molecular complexity index is 873. The highest BCUT2D eigenvalue weighted by Gasteiger charge is 2.10. The van der Waals surface area contributed by atoms with E-state index in [1.165, 1.54) is 14.2 Å². The summed E-state index contributed by atoms with van der Waals surface area (Å²) in [5, 5.41) is 0. The molecule has 0 amide bonds. The number of esters is 2. The van der Waals surface area contributed by atoms with Crippen molar-refractivity contribution in [3.63, 3.8) is 0 Å². The Morgan fingerprint density at radius 1 is 0.893 bits per heavy atom. The maximum absolute atomic E-state index is 11.2. The van der Waals surface area contributed by atoms with Crippen LogP contribution in [-0.4, -0.2) is 26.2 Å². The number of hydrogen-bond donors (Lipinski definition) is 2. The first kappa shape index (κ1) is 22.8. The van der Waals surface area contributed by atoms with Gasteiger partial charge < -0.3 is 20.9 Å². The van der Waals surface area contributed by atoms with Gasteiger partial charge in [-0.2, -0.15) is 0 Å². The Morgan fingerprint density at radius 3 is 1.79 bits per heavy atom. The van der Waals surface area contributed by atoms with Gasteiger partial charge in [-0.15, -0.1) is 0 Å². The van der Waals surface area contributed by atoms with Gasteiger partial charge in [0, 0.05) is 16.9 Å². The number of anilines is 2. The van der Waals surface area contributed by atoms with Crippen LogP contribution >= 0.6 is 0 Å². The zero-order chi connectivity index (χ0) is 21.4. The summed E-state index contributed by atoms with van der Waals surface area (Å²) in [5.74, 6) is -0.390. The Hall–Kier alpha value is -3.28. The van der Waals surface area contributed by atoms with Gasteiger partial charge in [-0.05, 0) is 60.4 Å². The summed E-state index contributed by atoms with van der Waals surface area (Å²) < 4.78 is 9.23. The minimum absolute atomic E-state index is 0.305. The van der Waals surface area contributed by atoms with Crippen molar-refractivity contribution in [1.82, 2.24) is 0 Å². The van der Waals surface area contributed by atoms with Gasteiger partial charge >= 0.3 is 11.9 Å². The highest BCUT2D eigenvalue weighted by molar-refractivity contribution is 5.92. The van der Waals surface area contributed by atoms with Crippen molar-refractivity contribution in [2.24, 2.45) is 0 Å². The molecule has 0 bridgehead atoms. The van der Waals surface area contributed by atoms with E-state index in [0.29, 0.717) is 28.4 Å². The summed E-state index contributed by atoms with van der Waals surface area (Å²) in [5.41, 5.74) is 16.5. The van der Waals surface area contributed by atoms with Crippen LogP contribution in [0.1, 0.15) is 58.5 Å². The summed E-state index contributed by atoms with van der Waals surface area (Å²) >= 11 is 0. The van der Waals surface area contributed by atoms with Gasteiger partial charge in [0.25, 0.3) is 0 Å². The van der Waals surface area contributed by atoms with Crippen molar-refractivity contribution in [2.75, 3.05) is 25.7 Å². The molecule has 0 aromatic heterocycles. The zero-order valence-electron chi connectivity index (χ0n) is 17.0. The predicted molar refractivity (Wildman–Crippen MR) is 113 cm³/mol. The maximum Gasteiger partial charge on any atom is 0.337 e. The molecule has 0 aliphatic heterocycles. The van der Waals surface area contributed by atoms with Crippen molar-refractivity contribution in [2.45, 2.75) is 26.7 Å². The van der Waals surface area contributed by atoms with Crippen molar-refractivity contribution in [3.05, 3.63) is 65.2 Å². The second-order valence-electron chi connectivity index (χ2n) is 6.56. The molecule has 0 spiro atoms. The fraction of sp³-hybridized carbons (Fsp3) is 0.273. The number of benzene rings is 2. The molecule has 0 unspecified atom stereocenters. The number of methoxy groups -OCH3 is 2. The van der Waals surface area contributed by atoms with Crippen LogP contribution < -0.4 is 11.5 Å². The summed E-state index contributed by atoms with van der Waals surface area (Å²) in [6, 6.07) is 10.2. The lowest BCUT2D eigenvalue weighted by Gasteiger charge is -2.10. The molecule has 0 saturated heterocycles. The number of nitrogens with two attached hydrogens (primary N) is 2. The van der Waals surface area contributed by atoms with E-state index in [0.717, 1.165) is 16.7 Å². The van der Waals surface area contributed by atoms with Crippen LogP contribution in [0.5, 0.6) is 0 Å². The quantitative estimate of drug-likeness (QED) is 0.602. The third-order valence-electron chi connectivity index (χ3n) is 4.06. The van der Waals surface area contributed by atoms with E-state index in [4.69, 9.17) is 11.5 Å². The fourth-order valence-corrected chi connectivity index (χ4v) is 2.49. The number of nitrogen functional groups attached to an aromatic ring is 2. The van der Waals surface area contributed by atoms with Crippen molar-refractivity contribution >= 4 is 28.9 Å². The van der Waals surface area contributed by atoms with Crippen molar-refractivity contribution < 1.29 is 19.1 Å². The number of allylic oxidation sites excluding steroid dienone is 1. The number of hydrogen-bond acceptors (Lipinski definition) is 6. The van der Waals surface area contributed by atoms with E-state index in [2.05, 4.69) is 16.1 Å².